The van der Waals surface area contributed by atoms with E-state index < -0.39 is 0 Å². The molecule has 1 heterocycles. The number of carbonyl (C=O) groups is 1. The Balaban J connectivity index is 1.67. The predicted octanol–water partition coefficient (Wildman–Crippen LogP) is 2.82. The molecule has 0 radical (unpaired) electrons. The van der Waals surface area contributed by atoms with Crippen molar-refractivity contribution in [3.05, 3.63) is 47.5 Å². The Morgan fingerprint density at radius 1 is 1.13 bits per heavy atom. The average molecular weight is 313 g/mol. The molecule has 1 aliphatic rings. The van der Waals surface area contributed by atoms with Gasteiger partial charge < -0.3 is 19.5 Å². The van der Waals surface area contributed by atoms with Gasteiger partial charge in [-0.05, 0) is 41.5 Å². The van der Waals surface area contributed by atoms with Crippen molar-refractivity contribution in [1.82, 2.24) is 0 Å². The molecule has 5 heteroatoms. The third-order valence-corrected chi connectivity index (χ3v) is 3.79. The average Bonchev–Trinajstić information content (AvgIpc) is 3.02. The Kier molecular flexibility index (Phi) is 4.37. The van der Waals surface area contributed by atoms with E-state index in [-0.39, 0.29) is 12.3 Å². The van der Waals surface area contributed by atoms with Gasteiger partial charge in [-0.3, -0.25) is 4.79 Å². The van der Waals surface area contributed by atoms with Crippen LogP contribution in [0.5, 0.6) is 17.2 Å². The van der Waals surface area contributed by atoms with Gasteiger partial charge in [0.2, 0.25) is 5.91 Å². The van der Waals surface area contributed by atoms with E-state index in [0.717, 1.165) is 29.0 Å². The number of hydrogen-bond donors (Lipinski definition) is 1. The molecule has 23 heavy (non-hydrogen) atoms. The number of hydrogen-bond acceptors (Lipinski definition) is 4. The van der Waals surface area contributed by atoms with Gasteiger partial charge in [-0.2, -0.15) is 0 Å². The molecule has 1 aliphatic heterocycles. The Hall–Kier alpha value is -2.69. The van der Waals surface area contributed by atoms with Crippen LogP contribution in [0.3, 0.4) is 0 Å². The largest absolute Gasteiger partial charge is 0.493 e. The fourth-order valence-electron chi connectivity index (χ4n) is 2.65. The van der Waals surface area contributed by atoms with E-state index in [0.29, 0.717) is 18.1 Å². The Morgan fingerprint density at radius 2 is 1.96 bits per heavy atom. The Bertz CT molecular complexity index is 727. The summed E-state index contributed by atoms with van der Waals surface area (Å²) in [5, 5.41) is 2.92. The van der Waals surface area contributed by atoms with E-state index in [1.54, 1.807) is 20.3 Å². The molecule has 0 atom stereocenters. The summed E-state index contributed by atoms with van der Waals surface area (Å²) in [6.07, 6.45) is 1.16. The predicted molar refractivity (Wildman–Crippen MR) is 87.5 cm³/mol. The van der Waals surface area contributed by atoms with Gasteiger partial charge in [0, 0.05) is 12.1 Å². The molecular formula is C18H19NO4. The molecule has 0 aliphatic carbocycles. The molecule has 0 unspecified atom stereocenters. The zero-order chi connectivity index (χ0) is 16.2. The van der Waals surface area contributed by atoms with Crippen molar-refractivity contribution in [3.8, 4) is 17.2 Å². The summed E-state index contributed by atoms with van der Waals surface area (Å²) in [5.74, 6) is 2.10. The van der Waals surface area contributed by atoms with Crippen LogP contribution in [0.25, 0.3) is 0 Å². The second kappa shape index (κ2) is 6.60. The molecule has 0 aromatic heterocycles. The molecule has 5 nitrogen and oxygen atoms in total. The molecule has 3 rings (SSSR count). The number of carbonyl (C=O) groups excluding carboxylic acids is 1. The molecule has 1 N–H and O–H groups in total. The lowest BCUT2D eigenvalue weighted by Crippen LogP contribution is -2.14. The molecule has 0 saturated carbocycles. The molecule has 0 saturated heterocycles. The van der Waals surface area contributed by atoms with Crippen molar-refractivity contribution in [2.24, 2.45) is 0 Å². The fourth-order valence-corrected chi connectivity index (χ4v) is 2.65. The summed E-state index contributed by atoms with van der Waals surface area (Å²) in [7, 11) is 3.16. The SMILES string of the molecule is COc1ccc(CC(=O)Nc2ccc3c(c2)CCO3)cc1OC. The van der Waals surface area contributed by atoms with E-state index in [9.17, 15) is 4.79 Å². The highest BCUT2D eigenvalue weighted by atomic mass is 16.5. The third-order valence-electron chi connectivity index (χ3n) is 3.79. The van der Waals surface area contributed by atoms with Crippen LogP contribution in [-0.2, 0) is 17.6 Å². The Morgan fingerprint density at radius 3 is 2.74 bits per heavy atom. The summed E-state index contributed by atoms with van der Waals surface area (Å²) >= 11 is 0. The Labute approximate surface area is 135 Å². The first-order chi connectivity index (χ1) is 11.2. The number of fused-ring (bicyclic) bond motifs is 1. The minimum Gasteiger partial charge on any atom is -0.493 e. The molecule has 0 bridgehead atoms. The monoisotopic (exact) mass is 313 g/mol. The van der Waals surface area contributed by atoms with E-state index >= 15 is 0 Å². The van der Waals surface area contributed by atoms with Crippen molar-refractivity contribution in [2.45, 2.75) is 12.8 Å². The van der Waals surface area contributed by atoms with Gasteiger partial charge in [-0.15, -0.1) is 0 Å². The first kappa shape index (κ1) is 15.2. The summed E-state index contributed by atoms with van der Waals surface area (Å²) in [6, 6.07) is 11.2. The van der Waals surface area contributed by atoms with Crippen molar-refractivity contribution in [2.75, 3.05) is 26.1 Å². The minimum absolute atomic E-state index is 0.0731. The fraction of sp³-hybridized carbons (Fsp3) is 0.278. The lowest BCUT2D eigenvalue weighted by atomic mass is 10.1. The molecule has 0 fully saturated rings. The van der Waals surface area contributed by atoms with Crippen LogP contribution in [0.4, 0.5) is 5.69 Å². The highest BCUT2D eigenvalue weighted by molar-refractivity contribution is 5.92. The third kappa shape index (κ3) is 3.39. The summed E-state index contributed by atoms with van der Waals surface area (Å²) in [6.45, 7) is 0.707. The molecule has 0 spiro atoms. The van der Waals surface area contributed by atoms with Crippen LogP contribution < -0.4 is 19.5 Å². The van der Waals surface area contributed by atoms with Crippen LogP contribution in [0.2, 0.25) is 0 Å². The van der Waals surface area contributed by atoms with Crippen LogP contribution in [0.1, 0.15) is 11.1 Å². The quantitative estimate of drug-likeness (QED) is 0.922. The van der Waals surface area contributed by atoms with E-state index in [1.807, 2.05) is 30.3 Å². The second-order valence-corrected chi connectivity index (χ2v) is 5.34. The van der Waals surface area contributed by atoms with Gasteiger partial charge in [0.1, 0.15) is 5.75 Å². The molecule has 1 amide bonds. The summed E-state index contributed by atoms with van der Waals surface area (Å²) < 4.78 is 15.9. The number of rotatable bonds is 5. The van der Waals surface area contributed by atoms with Gasteiger partial charge in [0.15, 0.2) is 11.5 Å². The molecular weight excluding hydrogens is 294 g/mol. The number of nitrogens with one attached hydrogen (secondary N) is 1. The van der Waals surface area contributed by atoms with Crippen molar-refractivity contribution >= 4 is 11.6 Å². The second-order valence-electron chi connectivity index (χ2n) is 5.34. The number of anilines is 1. The maximum absolute atomic E-state index is 12.2. The first-order valence-electron chi connectivity index (χ1n) is 7.46. The number of amides is 1. The maximum Gasteiger partial charge on any atom is 0.228 e. The van der Waals surface area contributed by atoms with E-state index in [1.165, 1.54) is 0 Å². The smallest absolute Gasteiger partial charge is 0.228 e. The maximum atomic E-state index is 12.2. The van der Waals surface area contributed by atoms with Crippen LogP contribution in [0.15, 0.2) is 36.4 Å². The lowest BCUT2D eigenvalue weighted by Gasteiger charge is -2.10. The van der Waals surface area contributed by atoms with E-state index in [2.05, 4.69) is 5.32 Å². The van der Waals surface area contributed by atoms with Crippen molar-refractivity contribution < 1.29 is 19.0 Å². The molecule has 120 valence electrons. The minimum atomic E-state index is -0.0731. The van der Waals surface area contributed by atoms with Crippen LogP contribution in [-0.4, -0.2) is 26.7 Å². The van der Waals surface area contributed by atoms with Crippen molar-refractivity contribution in [1.29, 1.82) is 0 Å². The number of methoxy groups -OCH3 is 2. The van der Waals surface area contributed by atoms with E-state index in [4.69, 9.17) is 14.2 Å². The summed E-state index contributed by atoms with van der Waals surface area (Å²) in [4.78, 5) is 12.2. The standard InChI is InChI=1S/C18H19NO4/c1-21-16-5-3-12(9-17(16)22-2)10-18(20)19-14-4-6-15-13(11-14)7-8-23-15/h3-6,9,11H,7-8,10H2,1-2H3,(H,19,20). The van der Waals surface area contributed by atoms with Gasteiger partial charge in [0.05, 0.1) is 27.2 Å². The van der Waals surface area contributed by atoms with Gasteiger partial charge >= 0.3 is 0 Å². The lowest BCUT2D eigenvalue weighted by molar-refractivity contribution is -0.115. The first-order valence-corrected chi connectivity index (χ1v) is 7.46. The highest BCUT2D eigenvalue weighted by Crippen LogP contribution is 2.29. The highest BCUT2D eigenvalue weighted by Gasteiger charge is 2.13. The van der Waals surface area contributed by atoms with Gasteiger partial charge in [-0.25, -0.2) is 0 Å². The zero-order valence-corrected chi connectivity index (χ0v) is 13.2. The summed E-state index contributed by atoms with van der Waals surface area (Å²) in [5.41, 5.74) is 2.79. The van der Waals surface area contributed by atoms with Crippen LogP contribution in [0, 0.1) is 0 Å². The van der Waals surface area contributed by atoms with Crippen LogP contribution >= 0.6 is 0 Å². The normalized spacial score (nSPS) is 12.3. The number of ether oxygens (including phenoxy) is 3. The van der Waals surface area contributed by atoms with Gasteiger partial charge in [-0.1, -0.05) is 6.07 Å². The zero-order valence-electron chi connectivity index (χ0n) is 13.2. The van der Waals surface area contributed by atoms with Crippen molar-refractivity contribution in [3.63, 3.8) is 0 Å². The number of benzene rings is 2. The van der Waals surface area contributed by atoms with Gasteiger partial charge in [0.25, 0.3) is 0 Å². The topological polar surface area (TPSA) is 56.8 Å². The molecule has 2 aromatic carbocycles. The molecule has 2 aromatic rings.